The van der Waals surface area contributed by atoms with Crippen molar-refractivity contribution in [2.75, 3.05) is 17.7 Å². The summed E-state index contributed by atoms with van der Waals surface area (Å²) < 4.78 is 0. The Balaban J connectivity index is 2.08. The summed E-state index contributed by atoms with van der Waals surface area (Å²) in [6, 6.07) is 2.68. The molecule has 1 aromatic rings. The molecule has 1 aliphatic rings. The summed E-state index contributed by atoms with van der Waals surface area (Å²) in [5.41, 5.74) is 2.56. The van der Waals surface area contributed by atoms with E-state index in [2.05, 4.69) is 35.5 Å². The topological polar surface area (TPSA) is 37.0 Å². The van der Waals surface area contributed by atoms with Crippen molar-refractivity contribution >= 4 is 11.4 Å². The maximum atomic E-state index is 4.24. The third kappa shape index (κ3) is 2.90. The molecule has 0 saturated heterocycles. The van der Waals surface area contributed by atoms with Gasteiger partial charge in [-0.1, -0.05) is 26.7 Å². The maximum Gasteiger partial charge on any atom is 0.0549 e. The van der Waals surface area contributed by atoms with Crippen LogP contribution in [-0.4, -0.2) is 18.1 Å². The molecule has 2 rings (SSSR count). The number of nitrogens with one attached hydrogen (secondary N) is 2. The molecule has 0 bridgehead atoms. The molecule has 17 heavy (non-hydrogen) atoms. The van der Waals surface area contributed by atoms with Gasteiger partial charge in [0.15, 0.2) is 0 Å². The van der Waals surface area contributed by atoms with E-state index in [-0.39, 0.29) is 0 Å². The number of nitrogens with zero attached hydrogens (tertiary/aromatic N) is 1. The van der Waals surface area contributed by atoms with Crippen molar-refractivity contribution in [3.63, 3.8) is 0 Å². The second kappa shape index (κ2) is 4.94. The minimum atomic E-state index is 0.383. The summed E-state index contributed by atoms with van der Waals surface area (Å²) in [4.78, 5) is 4.24. The summed E-state index contributed by atoms with van der Waals surface area (Å²) in [6.45, 7) is 4.72. The van der Waals surface area contributed by atoms with Crippen LogP contribution >= 0.6 is 0 Å². The predicted octanol–water partition coefficient (Wildman–Crippen LogP) is 3.50. The van der Waals surface area contributed by atoms with Crippen LogP contribution in [0.2, 0.25) is 0 Å². The Morgan fingerprint density at radius 2 is 2.00 bits per heavy atom. The van der Waals surface area contributed by atoms with Crippen LogP contribution in [0.25, 0.3) is 0 Å². The fraction of sp³-hybridized carbons (Fsp3) is 0.643. The van der Waals surface area contributed by atoms with E-state index in [0.29, 0.717) is 11.5 Å². The molecule has 0 amide bonds. The second-order valence-electron chi connectivity index (χ2n) is 5.64. The first-order valence-corrected chi connectivity index (χ1v) is 6.51. The van der Waals surface area contributed by atoms with E-state index in [1.165, 1.54) is 25.7 Å². The molecule has 1 aliphatic carbocycles. The highest BCUT2D eigenvalue weighted by Gasteiger charge is 2.31. The third-order valence-corrected chi connectivity index (χ3v) is 3.88. The summed E-state index contributed by atoms with van der Waals surface area (Å²) >= 11 is 0. The van der Waals surface area contributed by atoms with Crippen molar-refractivity contribution in [3.8, 4) is 0 Å². The van der Waals surface area contributed by atoms with Crippen LogP contribution in [0.15, 0.2) is 18.5 Å². The number of hydrogen-bond acceptors (Lipinski definition) is 3. The van der Waals surface area contributed by atoms with Crippen LogP contribution in [-0.2, 0) is 0 Å². The first-order valence-electron chi connectivity index (χ1n) is 6.51. The van der Waals surface area contributed by atoms with Crippen molar-refractivity contribution in [2.45, 2.75) is 45.6 Å². The lowest BCUT2D eigenvalue weighted by Crippen LogP contribution is -2.38. The molecule has 1 unspecified atom stereocenters. The third-order valence-electron chi connectivity index (χ3n) is 3.88. The summed E-state index contributed by atoms with van der Waals surface area (Å²) in [6.07, 6.45) is 9.02. The number of aromatic nitrogens is 1. The van der Waals surface area contributed by atoms with Gasteiger partial charge in [-0.25, -0.2) is 0 Å². The molecule has 3 heteroatoms. The van der Waals surface area contributed by atoms with E-state index in [1.807, 2.05) is 19.4 Å². The standard InChI is InChI=1S/C14H23N3/c1-14(2)7-5-4-6-13(14)17-12-8-11(15-3)9-16-10-12/h8-10,13,15,17H,4-7H2,1-3H3. The normalized spacial score (nSPS) is 23.1. The van der Waals surface area contributed by atoms with E-state index in [4.69, 9.17) is 0 Å². The van der Waals surface area contributed by atoms with Crippen molar-refractivity contribution < 1.29 is 0 Å². The molecule has 1 saturated carbocycles. The second-order valence-corrected chi connectivity index (χ2v) is 5.64. The number of rotatable bonds is 3. The number of pyridine rings is 1. The lowest BCUT2D eigenvalue weighted by molar-refractivity contribution is 0.217. The Hall–Kier alpha value is -1.25. The zero-order chi connectivity index (χ0) is 12.3. The SMILES string of the molecule is CNc1cncc(NC2CCCCC2(C)C)c1. The van der Waals surface area contributed by atoms with Gasteiger partial charge in [0.05, 0.1) is 23.8 Å². The first-order chi connectivity index (χ1) is 8.12. The molecule has 0 radical (unpaired) electrons. The van der Waals surface area contributed by atoms with E-state index >= 15 is 0 Å². The van der Waals surface area contributed by atoms with Gasteiger partial charge in [0, 0.05) is 13.1 Å². The van der Waals surface area contributed by atoms with Crippen molar-refractivity contribution in [1.29, 1.82) is 0 Å². The minimum Gasteiger partial charge on any atom is -0.387 e. The molecular weight excluding hydrogens is 210 g/mol. The predicted molar refractivity (Wildman–Crippen MR) is 73.4 cm³/mol. The number of hydrogen-bond donors (Lipinski definition) is 2. The largest absolute Gasteiger partial charge is 0.387 e. The average Bonchev–Trinajstić information content (AvgIpc) is 2.32. The quantitative estimate of drug-likeness (QED) is 0.839. The molecular formula is C14H23N3. The van der Waals surface area contributed by atoms with Gasteiger partial charge in [-0.3, -0.25) is 4.98 Å². The van der Waals surface area contributed by atoms with Gasteiger partial charge in [0.25, 0.3) is 0 Å². The van der Waals surface area contributed by atoms with Crippen LogP contribution in [0.5, 0.6) is 0 Å². The van der Waals surface area contributed by atoms with Crippen LogP contribution in [0.1, 0.15) is 39.5 Å². The number of anilines is 2. The Morgan fingerprint density at radius 3 is 2.71 bits per heavy atom. The lowest BCUT2D eigenvalue weighted by atomic mass is 9.73. The Morgan fingerprint density at radius 1 is 1.24 bits per heavy atom. The molecule has 3 nitrogen and oxygen atoms in total. The molecule has 2 N–H and O–H groups in total. The Labute approximate surface area is 104 Å². The average molecular weight is 233 g/mol. The molecule has 1 heterocycles. The zero-order valence-corrected chi connectivity index (χ0v) is 11.1. The minimum absolute atomic E-state index is 0.383. The van der Waals surface area contributed by atoms with Crippen molar-refractivity contribution in [2.24, 2.45) is 5.41 Å². The molecule has 0 aliphatic heterocycles. The molecule has 1 atom stereocenters. The highest BCUT2D eigenvalue weighted by Crippen LogP contribution is 2.37. The van der Waals surface area contributed by atoms with Gasteiger partial charge in [0.1, 0.15) is 0 Å². The highest BCUT2D eigenvalue weighted by molar-refractivity contribution is 5.54. The first kappa shape index (κ1) is 12.2. The fourth-order valence-electron chi connectivity index (χ4n) is 2.62. The molecule has 1 aromatic heterocycles. The van der Waals surface area contributed by atoms with Gasteiger partial charge in [-0.15, -0.1) is 0 Å². The Bertz CT molecular complexity index is 373. The van der Waals surface area contributed by atoms with Crippen LogP contribution < -0.4 is 10.6 Å². The van der Waals surface area contributed by atoms with Crippen LogP contribution in [0.4, 0.5) is 11.4 Å². The van der Waals surface area contributed by atoms with E-state index in [1.54, 1.807) is 0 Å². The summed E-state index contributed by atoms with van der Waals surface area (Å²) in [7, 11) is 1.92. The lowest BCUT2D eigenvalue weighted by Gasteiger charge is -2.39. The van der Waals surface area contributed by atoms with Gasteiger partial charge in [0.2, 0.25) is 0 Å². The summed E-state index contributed by atoms with van der Waals surface area (Å²) in [5.74, 6) is 0. The molecule has 0 aromatic carbocycles. The summed E-state index contributed by atoms with van der Waals surface area (Å²) in [5, 5.41) is 6.77. The van der Waals surface area contributed by atoms with Gasteiger partial charge in [-0.2, -0.15) is 0 Å². The van der Waals surface area contributed by atoms with Crippen molar-refractivity contribution in [1.82, 2.24) is 4.98 Å². The zero-order valence-electron chi connectivity index (χ0n) is 11.1. The van der Waals surface area contributed by atoms with Crippen LogP contribution in [0.3, 0.4) is 0 Å². The van der Waals surface area contributed by atoms with E-state index in [0.717, 1.165) is 11.4 Å². The molecule has 0 spiro atoms. The Kier molecular flexibility index (Phi) is 3.55. The van der Waals surface area contributed by atoms with Gasteiger partial charge >= 0.3 is 0 Å². The fourth-order valence-corrected chi connectivity index (χ4v) is 2.62. The smallest absolute Gasteiger partial charge is 0.0549 e. The monoisotopic (exact) mass is 233 g/mol. The van der Waals surface area contributed by atoms with E-state index < -0.39 is 0 Å². The van der Waals surface area contributed by atoms with Gasteiger partial charge in [-0.05, 0) is 24.3 Å². The molecule has 1 fully saturated rings. The highest BCUT2D eigenvalue weighted by atomic mass is 15.0. The maximum absolute atomic E-state index is 4.24. The van der Waals surface area contributed by atoms with Crippen molar-refractivity contribution in [3.05, 3.63) is 18.5 Å². The van der Waals surface area contributed by atoms with Crippen LogP contribution in [0, 0.1) is 5.41 Å². The molecule has 94 valence electrons. The van der Waals surface area contributed by atoms with Gasteiger partial charge < -0.3 is 10.6 Å². The van der Waals surface area contributed by atoms with E-state index in [9.17, 15) is 0 Å².